The lowest BCUT2D eigenvalue weighted by Crippen LogP contribution is -2.37. The molecular weight excluding hydrogens is 337 g/mol. The van der Waals surface area contributed by atoms with Gasteiger partial charge in [0, 0.05) is 24.6 Å². The van der Waals surface area contributed by atoms with Crippen LogP contribution in [-0.2, 0) is 9.59 Å². The number of likely N-dealkylation sites (tertiary alicyclic amines) is 1. The highest BCUT2D eigenvalue weighted by atomic mass is 19.1. The maximum atomic E-state index is 13.7. The van der Waals surface area contributed by atoms with E-state index in [9.17, 15) is 14.0 Å². The van der Waals surface area contributed by atoms with Gasteiger partial charge in [-0.3, -0.25) is 9.59 Å². The van der Waals surface area contributed by atoms with Gasteiger partial charge in [-0.2, -0.15) is 0 Å². The zero-order chi connectivity index (χ0) is 18.7. The Morgan fingerprint density at radius 3 is 2.73 bits per heavy atom. The fourth-order valence-corrected chi connectivity index (χ4v) is 3.96. The summed E-state index contributed by atoms with van der Waals surface area (Å²) in [6, 6.07) is 4.71. The van der Waals surface area contributed by atoms with Crippen molar-refractivity contribution in [3.8, 4) is 5.75 Å². The normalized spacial score (nSPS) is 21.8. The number of hydrogen-bond donors (Lipinski definition) is 1. The van der Waals surface area contributed by atoms with E-state index in [4.69, 9.17) is 9.84 Å². The summed E-state index contributed by atoms with van der Waals surface area (Å²) in [5.41, 5.74) is 0.952. The number of rotatable bonds is 6. The van der Waals surface area contributed by atoms with E-state index in [-0.39, 0.29) is 17.6 Å². The molecule has 0 spiro atoms. The molecule has 1 aliphatic carbocycles. The van der Waals surface area contributed by atoms with E-state index in [2.05, 4.69) is 0 Å². The van der Waals surface area contributed by atoms with Crippen LogP contribution >= 0.6 is 0 Å². The SMILES string of the molecule is CC(C(=O)O)C(=O)N1CCC(COc2ccc(F)cc2C2CCCC2)C1. The quantitative estimate of drug-likeness (QED) is 0.787. The third-order valence-electron chi connectivity index (χ3n) is 5.58. The van der Waals surface area contributed by atoms with Gasteiger partial charge in [0.15, 0.2) is 0 Å². The Labute approximate surface area is 153 Å². The van der Waals surface area contributed by atoms with Gasteiger partial charge >= 0.3 is 5.97 Å². The predicted octanol–water partition coefficient (Wildman–Crippen LogP) is 3.43. The van der Waals surface area contributed by atoms with Crippen LogP contribution in [0, 0.1) is 17.7 Å². The summed E-state index contributed by atoms with van der Waals surface area (Å²) in [7, 11) is 0. The minimum atomic E-state index is -1.10. The van der Waals surface area contributed by atoms with Gasteiger partial charge in [-0.25, -0.2) is 4.39 Å². The van der Waals surface area contributed by atoms with Crippen molar-refractivity contribution in [2.75, 3.05) is 19.7 Å². The Hall–Kier alpha value is -2.11. The second kappa shape index (κ2) is 8.06. The zero-order valence-corrected chi connectivity index (χ0v) is 15.1. The minimum Gasteiger partial charge on any atom is -0.493 e. The highest BCUT2D eigenvalue weighted by Gasteiger charge is 2.32. The molecule has 1 N–H and O–H groups in total. The van der Waals surface area contributed by atoms with E-state index in [1.165, 1.54) is 25.8 Å². The Morgan fingerprint density at radius 1 is 1.31 bits per heavy atom. The first kappa shape index (κ1) is 18.7. The number of benzene rings is 1. The largest absolute Gasteiger partial charge is 0.493 e. The minimum absolute atomic E-state index is 0.168. The van der Waals surface area contributed by atoms with Crippen LogP contribution in [0.3, 0.4) is 0 Å². The van der Waals surface area contributed by atoms with Crippen molar-refractivity contribution in [3.63, 3.8) is 0 Å². The van der Waals surface area contributed by atoms with E-state index in [0.717, 1.165) is 30.6 Å². The van der Waals surface area contributed by atoms with Crippen LogP contribution in [0.25, 0.3) is 0 Å². The van der Waals surface area contributed by atoms with Gasteiger partial charge in [0.1, 0.15) is 17.5 Å². The fourth-order valence-electron chi connectivity index (χ4n) is 3.96. The van der Waals surface area contributed by atoms with Crippen LogP contribution in [0.15, 0.2) is 18.2 Å². The number of carboxylic acid groups (broad SMARTS) is 1. The molecule has 2 atom stereocenters. The molecule has 1 aromatic rings. The third kappa shape index (κ3) is 4.17. The zero-order valence-electron chi connectivity index (χ0n) is 15.1. The van der Waals surface area contributed by atoms with Gasteiger partial charge in [-0.05, 0) is 50.3 Å². The number of hydrogen-bond acceptors (Lipinski definition) is 3. The van der Waals surface area contributed by atoms with Crippen LogP contribution in [0.2, 0.25) is 0 Å². The van der Waals surface area contributed by atoms with Crippen LogP contribution in [0.1, 0.15) is 50.5 Å². The predicted molar refractivity (Wildman–Crippen MR) is 94.6 cm³/mol. The molecule has 1 heterocycles. The molecule has 0 aromatic heterocycles. The Kier molecular flexibility index (Phi) is 5.79. The topological polar surface area (TPSA) is 66.8 Å². The lowest BCUT2D eigenvalue weighted by Gasteiger charge is -2.20. The van der Waals surface area contributed by atoms with Gasteiger partial charge in [-0.1, -0.05) is 12.8 Å². The van der Waals surface area contributed by atoms with Crippen molar-refractivity contribution in [1.29, 1.82) is 0 Å². The number of halogens is 1. The van der Waals surface area contributed by atoms with E-state index in [1.807, 2.05) is 0 Å². The summed E-state index contributed by atoms with van der Waals surface area (Å²) in [5, 5.41) is 8.98. The first-order valence-corrected chi connectivity index (χ1v) is 9.39. The molecule has 0 radical (unpaired) electrons. The summed E-state index contributed by atoms with van der Waals surface area (Å²) < 4.78 is 19.7. The molecule has 1 saturated carbocycles. The number of ether oxygens (including phenoxy) is 1. The highest BCUT2D eigenvalue weighted by Crippen LogP contribution is 2.39. The molecule has 2 aliphatic rings. The van der Waals surface area contributed by atoms with Crippen molar-refractivity contribution >= 4 is 11.9 Å². The lowest BCUT2D eigenvalue weighted by molar-refractivity contribution is -0.149. The summed E-state index contributed by atoms with van der Waals surface area (Å²) in [6.45, 7) is 2.94. The molecule has 0 bridgehead atoms. The van der Waals surface area contributed by atoms with E-state index >= 15 is 0 Å². The fraction of sp³-hybridized carbons (Fsp3) is 0.600. The van der Waals surface area contributed by atoms with E-state index in [0.29, 0.717) is 25.6 Å². The first-order chi connectivity index (χ1) is 12.5. The maximum Gasteiger partial charge on any atom is 0.315 e. The molecule has 1 aromatic carbocycles. The molecule has 1 aliphatic heterocycles. The first-order valence-electron chi connectivity index (χ1n) is 9.39. The van der Waals surface area contributed by atoms with Crippen LogP contribution in [0.4, 0.5) is 4.39 Å². The number of nitrogens with zero attached hydrogens (tertiary/aromatic N) is 1. The molecule has 1 saturated heterocycles. The van der Waals surface area contributed by atoms with Crippen LogP contribution in [-0.4, -0.2) is 41.6 Å². The average Bonchev–Trinajstić information content (AvgIpc) is 3.31. The molecule has 26 heavy (non-hydrogen) atoms. The third-order valence-corrected chi connectivity index (χ3v) is 5.58. The van der Waals surface area contributed by atoms with Crippen molar-refractivity contribution in [2.24, 2.45) is 11.8 Å². The van der Waals surface area contributed by atoms with Crippen molar-refractivity contribution in [1.82, 2.24) is 4.90 Å². The maximum absolute atomic E-state index is 13.7. The Bertz CT molecular complexity index is 672. The number of carbonyl (C=O) groups excluding carboxylic acids is 1. The molecule has 3 rings (SSSR count). The molecule has 1 amide bonds. The van der Waals surface area contributed by atoms with Gasteiger partial charge < -0.3 is 14.7 Å². The molecule has 6 heteroatoms. The number of carboxylic acids is 1. The van der Waals surface area contributed by atoms with Gasteiger partial charge in [0.05, 0.1) is 6.61 Å². The van der Waals surface area contributed by atoms with Crippen molar-refractivity contribution < 1.29 is 23.8 Å². The number of aliphatic carboxylic acids is 1. The monoisotopic (exact) mass is 363 g/mol. The van der Waals surface area contributed by atoms with Gasteiger partial charge in [0.2, 0.25) is 5.91 Å². The standard InChI is InChI=1S/C20H26FNO4/c1-13(20(24)25)19(23)22-9-8-14(11-22)12-26-18-7-6-16(21)10-17(18)15-4-2-3-5-15/h6-7,10,13-15H,2-5,8-9,11-12H2,1H3,(H,24,25). The Morgan fingerprint density at radius 2 is 2.04 bits per heavy atom. The molecule has 2 unspecified atom stereocenters. The van der Waals surface area contributed by atoms with Crippen molar-refractivity contribution in [3.05, 3.63) is 29.6 Å². The second-order valence-electron chi connectivity index (χ2n) is 7.47. The van der Waals surface area contributed by atoms with E-state index < -0.39 is 11.9 Å². The van der Waals surface area contributed by atoms with Gasteiger partial charge in [-0.15, -0.1) is 0 Å². The lowest BCUT2D eigenvalue weighted by atomic mass is 9.96. The molecule has 2 fully saturated rings. The van der Waals surface area contributed by atoms with Gasteiger partial charge in [0.25, 0.3) is 0 Å². The van der Waals surface area contributed by atoms with E-state index in [1.54, 1.807) is 17.0 Å². The molecular formula is C20H26FNO4. The summed E-state index contributed by atoms with van der Waals surface area (Å²) in [6.07, 6.45) is 5.26. The van der Waals surface area contributed by atoms with Crippen molar-refractivity contribution in [2.45, 2.75) is 44.9 Å². The van der Waals surface area contributed by atoms with Crippen LogP contribution < -0.4 is 4.74 Å². The highest BCUT2D eigenvalue weighted by molar-refractivity contribution is 5.96. The summed E-state index contributed by atoms with van der Waals surface area (Å²) in [4.78, 5) is 24.7. The number of amides is 1. The molecule has 142 valence electrons. The smallest absolute Gasteiger partial charge is 0.315 e. The summed E-state index contributed by atoms with van der Waals surface area (Å²) >= 11 is 0. The Balaban J connectivity index is 1.58. The summed E-state index contributed by atoms with van der Waals surface area (Å²) in [5.74, 6) is -1.42. The van der Waals surface area contributed by atoms with Crippen LogP contribution in [0.5, 0.6) is 5.75 Å². The number of carbonyl (C=O) groups is 2. The molecule has 5 nitrogen and oxygen atoms in total. The average molecular weight is 363 g/mol. The second-order valence-corrected chi connectivity index (χ2v) is 7.47.